The molecule has 0 saturated heterocycles. The fraction of sp³-hybridized carbons (Fsp3) is 0.500. The van der Waals surface area contributed by atoms with Crippen LogP contribution in [0.3, 0.4) is 0 Å². The van der Waals surface area contributed by atoms with Crippen LogP contribution < -0.4 is 16.4 Å². The molecule has 31 heavy (non-hydrogen) atoms. The molecule has 0 aromatic heterocycles. The molecule has 4 atom stereocenters. The van der Waals surface area contributed by atoms with Crippen molar-refractivity contribution in [3.63, 3.8) is 0 Å². The smallest absolute Gasteiger partial charge is 0.326 e. The molecule has 0 fully saturated rings. The maximum absolute atomic E-state index is 11.6. The largest absolute Gasteiger partial charge is 0.480 e. The standard InChI is InChI=1S/C13H16N2O4.C6H15NO2.C3H6/c1-9(14-8-16)12(17)15-11(13(18)19)7-10-5-3-2-4-6-10;1-5(7)4-9-6(2)3-8;1-3-2/h2-6,8-9,11H,7H2,1H3,(H,14,16)(H,15,17)(H,18,19);5-6,8H,3-4,7H2,1-2H3;3H,1H2,2H3/t9-,11?;5-,6?;/m00./s1. The van der Waals surface area contributed by atoms with Crippen molar-refractivity contribution in [3.05, 3.63) is 48.6 Å². The number of aliphatic hydroxyl groups is 1. The predicted octanol–water partition coefficient (Wildman–Crippen LogP) is 0.856. The zero-order chi connectivity index (χ0) is 24.2. The molecule has 1 aromatic carbocycles. The molecule has 9 heteroatoms. The molecule has 0 bridgehead atoms. The van der Waals surface area contributed by atoms with Crippen LogP contribution in [0.2, 0.25) is 0 Å². The van der Waals surface area contributed by atoms with E-state index in [2.05, 4.69) is 17.2 Å². The summed E-state index contributed by atoms with van der Waals surface area (Å²) in [7, 11) is 0. The summed E-state index contributed by atoms with van der Waals surface area (Å²) >= 11 is 0. The summed E-state index contributed by atoms with van der Waals surface area (Å²) in [5, 5.41) is 22.2. The molecule has 0 aliphatic carbocycles. The molecule has 0 radical (unpaired) electrons. The van der Waals surface area contributed by atoms with Crippen LogP contribution in [-0.4, -0.2) is 65.9 Å². The molecule has 2 unspecified atom stereocenters. The van der Waals surface area contributed by atoms with Crippen LogP contribution >= 0.6 is 0 Å². The highest BCUT2D eigenvalue weighted by atomic mass is 16.5. The molecule has 1 rings (SSSR count). The molecule has 0 saturated carbocycles. The molecular weight excluding hydrogens is 402 g/mol. The summed E-state index contributed by atoms with van der Waals surface area (Å²) in [5.74, 6) is -1.65. The van der Waals surface area contributed by atoms with E-state index in [0.717, 1.165) is 5.56 Å². The van der Waals surface area contributed by atoms with Gasteiger partial charge >= 0.3 is 5.97 Å². The van der Waals surface area contributed by atoms with Gasteiger partial charge in [0.1, 0.15) is 12.1 Å². The fourth-order valence-corrected chi connectivity index (χ4v) is 1.89. The van der Waals surface area contributed by atoms with Crippen LogP contribution in [0.1, 0.15) is 33.3 Å². The Hall–Kier alpha value is -2.75. The number of carboxylic acid groups (broad SMARTS) is 1. The second-order valence-corrected chi connectivity index (χ2v) is 6.81. The van der Waals surface area contributed by atoms with Crippen LogP contribution in [0.15, 0.2) is 43.0 Å². The van der Waals surface area contributed by atoms with Crippen molar-refractivity contribution in [2.75, 3.05) is 13.2 Å². The van der Waals surface area contributed by atoms with E-state index in [1.165, 1.54) is 6.92 Å². The van der Waals surface area contributed by atoms with Gasteiger partial charge in [0.25, 0.3) is 0 Å². The summed E-state index contributed by atoms with van der Waals surface area (Å²) in [5.41, 5.74) is 6.20. The van der Waals surface area contributed by atoms with Gasteiger partial charge in [-0.2, -0.15) is 0 Å². The van der Waals surface area contributed by atoms with E-state index in [1.807, 2.05) is 26.8 Å². The third kappa shape index (κ3) is 17.8. The molecule has 0 heterocycles. The number of carbonyl (C=O) groups excluding carboxylic acids is 2. The lowest BCUT2D eigenvalue weighted by atomic mass is 10.1. The Balaban J connectivity index is 0. The van der Waals surface area contributed by atoms with Gasteiger partial charge in [0.15, 0.2) is 0 Å². The summed E-state index contributed by atoms with van der Waals surface area (Å²) in [6, 6.07) is 7.26. The number of hydrogen-bond donors (Lipinski definition) is 5. The second kappa shape index (κ2) is 19.2. The number of aliphatic hydroxyl groups excluding tert-OH is 1. The number of hydrogen-bond acceptors (Lipinski definition) is 6. The molecule has 2 amide bonds. The fourth-order valence-electron chi connectivity index (χ4n) is 1.89. The third-order valence-corrected chi connectivity index (χ3v) is 3.51. The highest BCUT2D eigenvalue weighted by molar-refractivity contribution is 5.87. The highest BCUT2D eigenvalue weighted by Gasteiger charge is 2.22. The van der Waals surface area contributed by atoms with Gasteiger partial charge in [-0.05, 0) is 33.3 Å². The molecule has 176 valence electrons. The molecule has 0 spiro atoms. The van der Waals surface area contributed by atoms with E-state index in [4.69, 9.17) is 20.7 Å². The monoisotopic (exact) mass is 439 g/mol. The molecule has 0 aliphatic heterocycles. The summed E-state index contributed by atoms with van der Waals surface area (Å²) in [6.45, 7) is 11.0. The third-order valence-electron chi connectivity index (χ3n) is 3.51. The van der Waals surface area contributed by atoms with Crippen molar-refractivity contribution in [1.82, 2.24) is 10.6 Å². The first-order chi connectivity index (χ1) is 14.6. The minimum atomic E-state index is -1.12. The van der Waals surface area contributed by atoms with Crippen LogP contribution in [0, 0.1) is 0 Å². The van der Waals surface area contributed by atoms with Gasteiger partial charge in [-0.15, -0.1) is 6.58 Å². The van der Waals surface area contributed by atoms with E-state index in [-0.39, 0.29) is 25.2 Å². The molecule has 0 aliphatic rings. The van der Waals surface area contributed by atoms with Gasteiger partial charge in [0.05, 0.1) is 19.3 Å². The van der Waals surface area contributed by atoms with Crippen LogP contribution in [0.25, 0.3) is 0 Å². The second-order valence-electron chi connectivity index (χ2n) is 6.81. The van der Waals surface area contributed by atoms with Crippen molar-refractivity contribution >= 4 is 18.3 Å². The predicted molar refractivity (Wildman–Crippen MR) is 120 cm³/mol. The maximum Gasteiger partial charge on any atom is 0.326 e. The first kappa shape index (κ1) is 30.4. The van der Waals surface area contributed by atoms with E-state index in [1.54, 1.807) is 30.3 Å². The van der Waals surface area contributed by atoms with E-state index >= 15 is 0 Å². The molecular formula is C22H37N3O6. The van der Waals surface area contributed by atoms with E-state index < -0.39 is 24.0 Å². The number of rotatable bonds is 11. The lowest BCUT2D eigenvalue weighted by molar-refractivity contribution is -0.142. The van der Waals surface area contributed by atoms with Gasteiger partial charge < -0.3 is 31.3 Å². The zero-order valence-corrected chi connectivity index (χ0v) is 18.8. The molecule has 9 nitrogen and oxygen atoms in total. The Morgan fingerprint density at radius 1 is 1.23 bits per heavy atom. The Labute approximate surface area is 184 Å². The average molecular weight is 440 g/mol. The highest BCUT2D eigenvalue weighted by Crippen LogP contribution is 2.03. The van der Waals surface area contributed by atoms with Gasteiger partial charge in [-0.25, -0.2) is 4.79 Å². The van der Waals surface area contributed by atoms with Crippen molar-refractivity contribution in [2.24, 2.45) is 5.73 Å². The van der Waals surface area contributed by atoms with Gasteiger partial charge in [0.2, 0.25) is 12.3 Å². The number of benzene rings is 1. The Morgan fingerprint density at radius 2 is 1.77 bits per heavy atom. The maximum atomic E-state index is 11.6. The molecule has 1 aromatic rings. The minimum Gasteiger partial charge on any atom is -0.480 e. The van der Waals surface area contributed by atoms with Crippen LogP contribution in [0.5, 0.6) is 0 Å². The Morgan fingerprint density at radius 3 is 2.19 bits per heavy atom. The van der Waals surface area contributed by atoms with Crippen molar-refractivity contribution in [1.29, 1.82) is 0 Å². The van der Waals surface area contributed by atoms with Crippen molar-refractivity contribution < 1.29 is 29.3 Å². The van der Waals surface area contributed by atoms with Gasteiger partial charge in [-0.1, -0.05) is 36.4 Å². The lowest BCUT2D eigenvalue weighted by Crippen LogP contribution is -2.49. The number of nitrogens with one attached hydrogen (secondary N) is 2. The van der Waals surface area contributed by atoms with Crippen molar-refractivity contribution in [2.45, 2.75) is 58.3 Å². The normalized spacial score (nSPS) is 13.5. The van der Waals surface area contributed by atoms with Crippen LogP contribution in [0.4, 0.5) is 0 Å². The average Bonchev–Trinajstić information content (AvgIpc) is 2.73. The SMILES string of the molecule is C=CC.CC(CO)OC[C@H](C)N.C[C@H](NC=O)C(=O)NC(Cc1ccccc1)C(=O)O. The van der Waals surface area contributed by atoms with Gasteiger partial charge in [0, 0.05) is 12.5 Å². The van der Waals surface area contributed by atoms with E-state index in [9.17, 15) is 14.4 Å². The van der Waals surface area contributed by atoms with E-state index in [0.29, 0.717) is 13.0 Å². The topological polar surface area (TPSA) is 151 Å². The van der Waals surface area contributed by atoms with Crippen LogP contribution in [-0.2, 0) is 25.5 Å². The van der Waals surface area contributed by atoms with Crippen molar-refractivity contribution in [3.8, 4) is 0 Å². The number of allylic oxidation sites excluding steroid dienone is 1. The Kier molecular flexibility index (Phi) is 18.9. The number of aliphatic carboxylic acids is 1. The summed E-state index contributed by atoms with van der Waals surface area (Å²) in [6.07, 6.45) is 2.25. The number of nitrogens with two attached hydrogens (primary N) is 1. The summed E-state index contributed by atoms with van der Waals surface area (Å²) in [4.78, 5) is 33.0. The first-order valence-electron chi connectivity index (χ1n) is 9.94. The lowest BCUT2D eigenvalue weighted by Gasteiger charge is -2.17. The van der Waals surface area contributed by atoms with Gasteiger partial charge in [-0.3, -0.25) is 9.59 Å². The number of amides is 2. The minimum absolute atomic E-state index is 0.0546. The number of carbonyl (C=O) groups is 3. The number of carboxylic acids is 1. The number of ether oxygens (including phenoxy) is 1. The zero-order valence-electron chi connectivity index (χ0n) is 18.8. The Bertz CT molecular complexity index is 625. The first-order valence-corrected chi connectivity index (χ1v) is 9.94. The molecule has 6 N–H and O–H groups in total. The summed E-state index contributed by atoms with van der Waals surface area (Å²) < 4.78 is 5.08. The quantitative estimate of drug-likeness (QED) is 0.253.